The molecule has 0 fully saturated rings. The molecular weight excluding hydrogens is 320 g/mol. The summed E-state index contributed by atoms with van der Waals surface area (Å²) in [6.07, 6.45) is 3.33. The maximum Gasteiger partial charge on any atom is 0.336 e. The minimum Gasteiger partial charge on any atom is -0.492 e. The Bertz CT molecular complexity index is 622. The van der Waals surface area contributed by atoms with Crippen molar-refractivity contribution in [2.24, 2.45) is 0 Å². The minimum absolute atomic E-state index is 0.306. The van der Waals surface area contributed by atoms with Crippen LogP contribution in [0.2, 0.25) is 0 Å². The Hall–Kier alpha value is -1.55. The summed E-state index contributed by atoms with van der Waals surface area (Å²) >= 11 is 3.52. The average molecular weight is 337 g/mol. The molecule has 0 aliphatic rings. The number of carboxylic acid groups (broad SMARTS) is 1. The van der Waals surface area contributed by atoms with Gasteiger partial charge in [-0.2, -0.15) is 0 Å². The van der Waals surface area contributed by atoms with Gasteiger partial charge in [-0.05, 0) is 45.9 Å². The highest BCUT2D eigenvalue weighted by Crippen LogP contribution is 2.34. The summed E-state index contributed by atoms with van der Waals surface area (Å²) in [6, 6.07) is 8.88. The molecule has 2 aromatic carbocycles. The van der Waals surface area contributed by atoms with Gasteiger partial charge in [-0.15, -0.1) is 0 Å². The second kappa shape index (κ2) is 6.75. The lowest BCUT2D eigenvalue weighted by Gasteiger charge is -2.11. The smallest absolute Gasteiger partial charge is 0.336 e. The predicted octanol–water partition coefficient (Wildman–Crippen LogP) is 4.87. The predicted molar refractivity (Wildman–Crippen MR) is 83.6 cm³/mol. The standard InChI is InChI=1S/C16H17BrO3/c1-2-3-4-10-20-14-9-8-11-12(15(14)17)6-5-7-13(11)16(18)19/h5-9H,2-4,10H2,1H3,(H,18,19). The number of rotatable bonds is 6. The summed E-state index contributed by atoms with van der Waals surface area (Å²) in [5.41, 5.74) is 0.306. The van der Waals surface area contributed by atoms with E-state index in [9.17, 15) is 9.90 Å². The largest absolute Gasteiger partial charge is 0.492 e. The summed E-state index contributed by atoms with van der Waals surface area (Å²) in [4.78, 5) is 11.2. The molecule has 0 saturated heterocycles. The molecule has 0 spiro atoms. The Balaban J connectivity index is 2.32. The first-order valence-electron chi connectivity index (χ1n) is 6.72. The van der Waals surface area contributed by atoms with Gasteiger partial charge in [0.05, 0.1) is 16.6 Å². The maximum atomic E-state index is 11.2. The number of benzene rings is 2. The molecule has 106 valence electrons. The van der Waals surface area contributed by atoms with Crippen molar-refractivity contribution in [1.29, 1.82) is 0 Å². The first kappa shape index (κ1) is 14.9. The number of carboxylic acids is 1. The van der Waals surface area contributed by atoms with Crippen molar-refractivity contribution in [2.45, 2.75) is 26.2 Å². The van der Waals surface area contributed by atoms with E-state index >= 15 is 0 Å². The SMILES string of the molecule is CCCCCOc1ccc2c(C(=O)O)cccc2c1Br. The van der Waals surface area contributed by atoms with Crippen molar-refractivity contribution in [3.8, 4) is 5.75 Å². The van der Waals surface area contributed by atoms with Crippen molar-refractivity contribution in [1.82, 2.24) is 0 Å². The zero-order chi connectivity index (χ0) is 14.5. The highest BCUT2D eigenvalue weighted by molar-refractivity contribution is 9.10. The van der Waals surface area contributed by atoms with Crippen LogP contribution in [0.1, 0.15) is 36.5 Å². The molecule has 2 rings (SSSR count). The van der Waals surface area contributed by atoms with Crippen LogP contribution in [0.3, 0.4) is 0 Å². The fourth-order valence-corrected chi connectivity index (χ4v) is 2.73. The molecule has 0 bridgehead atoms. The van der Waals surface area contributed by atoms with Crippen LogP contribution < -0.4 is 4.74 Å². The number of carbonyl (C=O) groups is 1. The molecule has 0 unspecified atom stereocenters. The first-order valence-corrected chi connectivity index (χ1v) is 7.51. The lowest BCUT2D eigenvalue weighted by Crippen LogP contribution is -2.00. The van der Waals surface area contributed by atoms with Gasteiger partial charge in [0.1, 0.15) is 5.75 Å². The van der Waals surface area contributed by atoms with E-state index in [0.717, 1.165) is 34.9 Å². The van der Waals surface area contributed by atoms with Crippen LogP contribution >= 0.6 is 15.9 Å². The van der Waals surface area contributed by atoms with Crippen molar-refractivity contribution < 1.29 is 14.6 Å². The molecule has 0 amide bonds. The quantitative estimate of drug-likeness (QED) is 0.765. The highest BCUT2D eigenvalue weighted by Gasteiger charge is 2.12. The van der Waals surface area contributed by atoms with Gasteiger partial charge in [-0.3, -0.25) is 0 Å². The van der Waals surface area contributed by atoms with E-state index in [0.29, 0.717) is 17.6 Å². The van der Waals surface area contributed by atoms with Gasteiger partial charge in [0.25, 0.3) is 0 Å². The third kappa shape index (κ3) is 3.12. The van der Waals surface area contributed by atoms with E-state index in [1.165, 1.54) is 0 Å². The summed E-state index contributed by atoms with van der Waals surface area (Å²) in [6.45, 7) is 2.83. The van der Waals surface area contributed by atoms with Gasteiger partial charge in [-0.1, -0.05) is 31.9 Å². The molecule has 0 saturated carbocycles. The Morgan fingerprint density at radius 3 is 2.70 bits per heavy atom. The van der Waals surface area contributed by atoms with E-state index in [2.05, 4.69) is 22.9 Å². The number of hydrogen-bond donors (Lipinski definition) is 1. The van der Waals surface area contributed by atoms with E-state index in [-0.39, 0.29) is 0 Å². The van der Waals surface area contributed by atoms with Crippen LogP contribution in [0.5, 0.6) is 5.75 Å². The Labute approximate surface area is 126 Å². The van der Waals surface area contributed by atoms with Gasteiger partial charge in [-0.25, -0.2) is 4.79 Å². The summed E-state index contributed by atoms with van der Waals surface area (Å²) in [7, 11) is 0. The third-order valence-corrected chi connectivity index (χ3v) is 4.01. The summed E-state index contributed by atoms with van der Waals surface area (Å²) in [5.74, 6) is -0.157. The maximum absolute atomic E-state index is 11.2. The second-order valence-corrected chi connectivity index (χ2v) is 5.43. The van der Waals surface area contributed by atoms with Gasteiger partial charge < -0.3 is 9.84 Å². The fourth-order valence-electron chi connectivity index (χ4n) is 2.13. The summed E-state index contributed by atoms with van der Waals surface area (Å²) in [5, 5.41) is 10.8. The molecule has 0 heterocycles. The molecule has 0 radical (unpaired) electrons. The molecule has 20 heavy (non-hydrogen) atoms. The Morgan fingerprint density at radius 1 is 1.20 bits per heavy atom. The van der Waals surface area contributed by atoms with Crippen molar-refractivity contribution in [3.05, 3.63) is 40.4 Å². The Morgan fingerprint density at radius 2 is 2.00 bits per heavy atom. The minimum atomic E-state index is -0.917. The molecule has 0 aromatic heterocycles. The van der Waals surface area contributed by atoms with Gasteiger partial charge in [0.2, 0.25) is 0 Å². The summed E-state index contributed by atoms with van der Waals surface area (Å²) < 4.78 is 6.57. The molecule has 0 aliphatic carbocycles. The van der Waals surface area contributed by atoms with Crippen molar-refractivity contribution in [2.75, 3.05) is 6.61 Å². The van der Waals surface area contributed by atoms with Crippen molar-refractivity contribution in [3.63, 3.8) is 0 Å². The molecule has 0 atom stereocenters. The average Bonchev–Trinajstić information content (AvgIpc) is 2.45. The lowest BCUT2D eigenvalue weighted by molar-refractivity contribution is 0.0699. The van der Waals surface area contributed by atoms with Crippen LogP contribution in [0.4, 0.5) is 0 Å². The topological polar surface area (TPSA) is 46.5 Å². The normalized spacial score (nSPS) is 10.7. The lowest BCUT2D eigenvalue weighted by atomic mass is 10.0. The monoisotopic (exact) mass is 336 g/mol. The molecule has 4 heteroatoms. The number of aromatic carboxylic acids is 1. The zero-order valence-corrected chi connectivity index (χ0v) is 12.9. The number of unbranched alkanes of at least 4 members (excludes halogenated alkanes) is 2. The first-order chi connectivity index (χ1) is 9.65. The van der Waals surface area contributed by atoms with Crippen LogP contribution in [-0.2, 0) is 0 Å². The number of fused-ring (bicyclic) bond motifs is 1. The van der Waals surface area contributed by atoms with Crippen LogP contribution in [-0.4, -0.2) is 17.7 Å². The number of hydrogen-bond acceptors (Lipinski definition) is 2. The highest BCUT2D eigenvalue weighted by atomic mass is 79.9. The molecule has 2 aromatic rings. The van der Waals surface area contributed by atoms with E-state index in [4.69, 9.17) is 4.74 Å². The van der Waals surface area contributed by atoms with E-state index in [1.807, 2.05) is 12.1 Å². The van der Waals surface area contributed by atoms with Gasteiger partial charge in [0.15, 0.2) is 0 Å². The van der Waals surface area contributed by atoms with Gasteiger partial charge >= 0.3 is 5.97 Å². The number of halogens is 1. The molecule has 0 aliphatic heterocycles. The third-order valence-electron chi connectivity index (χ3n) is 3.20. The Kier molecular flexibility index (Phi) is 5.01. The number of ether oxygens (including phenoxy) is 1. The van der Waals surface area contributed by atoms with Crippen LogP contribution in [0.15, 0.2) is 34.8 Å². The fraction of sp³-hybridized carbons (Fsp3) is 0.312. The van der Waals surface area contributed by atoms with Crippen LogP contribution in [0, 0.1) is 0 Å². The zero-order valence-electron chi connectivity index (χ0n) is 11.4. The van der Waals surface area contributed by atoms with Crippen molar-refractivity contribution >= 4 is 32.7 Å². The van der Waals surface area contributed by atoms with E-state index in [1.54, 1.807) is 18.2 Å². The molecular formula is C16H17BrO3. The van der Waals surface area contributed by atoms with E-state index < -0.39 is 5.97 Å². The molecule has 1 N–H and O–H groups in total. The molecule has 3 nitrogen and oxygen atoms in total. The van der Waals surface area contributed by atoms with Crippen LogP contribution in [0.25, 0.3) is 10.8 Å². The second-order valence-electron chi connectivity index (χ2n) is 4.64. The van der Waals surface area contributed by atoms with Gasteiger partial charge in [0, 0.05) is 5.39 Å².